The maximum Gasteiger partial charge on any atom is 0.241 e. The summed E-state index contributed by atoms with van der Waals surface area (Å²) >= 11 is 0. The van der Waals surface area contributed by atoms with E-state index in [1.165, 1.54) is 0 Å². The molecule has 1 aliphatic heterocycles. The Morgan fingerprint density at radius 2 is 1.80 bits per heavy atom. The highest BCUT2D eigenvalue weighted by Crippen LogP contribution is 2.23. The Hall–Kier alpha value is -3.19. The van der Waals surface area contributed by atoms with Crippen molar-refractivity contribution >= 4 is 17.3 Å². The second-order valence-electron chi connectivity index (χ2n) is 7.86. The van der Waals surface area contributed by atoms with E-state index in [-0.39, 0.29) is 11.8 Å². The van der Waals surface area contributed by atoms with Crippen molar-refractivity contribution in [1.29, 1.82) is 0 Å². The molecular weight excluding hydrogens is 378 g/mol. The van der Waals surface area contributed by atoms with Gasteiger partial charge in [0.15, 0.2) is 0 Å². The lowest BCUT2D eigenvalue weighted by Crippen LogP contribution is -2.37. The molecule has 0 atom stereocenters. The SMILES string of the molecule is CN(C)c1ccc(NC(=O)C2CCN(Cc3nc(-c4ccccc4)no3)CC2)cc1. The molecule has 2 aromatic carbocycles. The first kappa shape index (κ1) is 20.1. The molecule has 4 rings (SSSR count). The first-order valence-corrected chi connectivity index (χ1v) is 10.3. The van der Waals surface area contributed by atoms with Gasteiger partial charge in [0.1, 0.15) is 0 Å². The maximum absolute atomic E-state index is 12.6. The molecule has 3 aromatic rings. The zero-order chi connectivity index (χ0) is 20.9. The molecule has 1 fully saturated rings. The Morgan fingerprint density at radius 3 is 2.47 bits per heavy atom. The van der Waals surface area contributed by atoms with Crippen LogP contribution in [0, 0.1) is 5.92 Å². The van der Waals surface area contributed by atoms with Crippen LogP contribution in [0.5, 0.6) is 0 Å². The van der Waals surface area contributed by atoms with Crippen LogP contribution in [-0.2, 0) is 11.3 Å². The Labute approximate surface area is 176 Å². The van der Waals surface area contributed by atoms with Crippen molar-refractivity contribution in [3.63, 3.8) is 0 Å². The number of hydrogen-bond donors (Lipinski definition) is 1. The predicted octanol–water partition coefficient (Wildman–Crippen LogP) is 3.65. The lowest BCUT2D eigenvalue weighted by atomic mass is 9.96. The lowest BCUT2D eigenvalue weighted by molar-refractivity contribution is -0.121. The van der Waals surface area contributed by atoms with Crippen molar-refractivity contribution in [2.75, 3.05) is 37.4 Å². The predicted molar refractivity (Wildman–Crippen MR) is 117 cm³/mol. The van der Waals surface area contributed by atoms with Crippen LogP contribution < -0.4 is 10.2 Å². The highest BCUT2D eigenvalue weighted by Gasteiger charge is 2.26. The highest BCUT2D eigenvalue weighted by atomic mass is 16.5. The zero-order valence-electron chi connectivity index (χ0n) is 17.4. The molecule has 30 heavy (non-hydrogen) atoms. The number of carbonyl (C=O) groups is 1. The van der Waals surface area contributed by atoms with Gasteiger partial charge >= 0.3 is 0 Å². The Kier molecular flexibility index (Phi) is 6.09. The van der Waals surface area contributed by atoms with Crippen molar-refractivity contribution in [1.82, 2.24) is 15.0 Å². The smallest absolute Gasteiger partial charge is 0.241 e. The van der Waals surface area contributed by atoms with Crippen molar-refractivity contribution < 1.29 is 9.32 Å². The van der Waals surface area contributed by atoms with E-state index in [9.17, 15) is 4.79 Å². The van der Waals surface area contributed by atoms with E-state index in [1.54, 1.807) is 0 Å². The molecule has 0 unspecified atom stereocenters. The van der Waals surface area contributed by atoms with Crippen LogP contribution in [0.1, 0.15) is 18.7 Å². The van der Waals surface area contributed by atoms with Crippen molar-refractivity contribution in [2.45, 2.75) is 19.4 Å². The number of rotatable bonds is 6. The van der Waals surface area contributed by atoms with Crippen LogP contribution in [0.3, 0.4) is 0 Å². The van der Waals surface area contributed by atoms with Gasteiger partial charge in [-0.25, -0.2) is 0 Å². The molecule has 1 aliphatic rings. The second-order valence-corrected chi connectivity index (χ2v) is 7.86. The molecule has 1 amide bonds. The van der Waals surface area contributed by atoms with Crippen molar-refractivity contribution in [2.24, 2.45) is 5.92 Å². The van der Waals surface area contributed by atoms with Crippen molar-refractivity contribution in [3.05, 3.63) is 60.5 Å². The Morgan fingerprint density at radius 1 is 1.10 bits per heavy atom. The second kappa shape index (κ2) is 9.09. The van der Waals surface area contributed by atoms with E-state index < -0.39 is 0 Å². The Balaban J connectivity index is 1.26. The summed E-state index contributed by atoms with van der Waals surface area (Å²) in [7, 11) is 4.00. The van der Waals surface area contributed by atoms with E-state index >= 15 is 0 Å². The number of carbonyl (C=O) groups excluding carboxylic acids is 1. The third-order valence-corrected chi connectivity index (χ3v) is 5.47. The summed E-state index contributed by atoms with van der Waals surface area (Å²) in [6, 6.07) is 17.7. The molecule has 156 valence electrons. The number of nitrogens with one attached hydrogen (secondary N) is 1. The fourth-order valence-electron chi connectivity index (χ4n) is 3.66. The number of likely N-dealkylation sites (tertiary alicyclic amines) is 1. The van der Waals surface area contributed by atoms with E-state index in [2.05, 4.69) is 20.4 Å². The molecule has 0 spiro atoms. The van der Waals surface area contributed by atoms with Crippen LogP contribution >= 0.6 is 0 Å². The lowest BCUT2D eigenvalue weighted by Gasteiger charge is -2.30. The van der Waals surface area contributed by atoms with Gasteiger partial charge in [0.25, 0.3) is 0 Å². The van der Waals surface area contributed by atoms with Crippen LogP contribution in [0.25, 0.3) is 11.4 Å². The number of piperidine rings is 1. The zero-order valence-corrected chi connectivity index (χ0v) is 17.4. The van der Waals surface area contributed by atoms with E-state index in [4.69, 9.17) is 4.52 Å². The van der Waals surface area contributed by atoms with Gasteiger partial charge in [-0.2, -0.15) is 4.98 Å². The molecule has 2 heterocycles. The van der Waals surface area contributed by atoms with Gasteiger partial charge in [0.2, 0.25) is 17.6 Å². The quantitative estimate of drug-likeness (QED) is 0.675. The topological polar surface area (TPSA) is 74.5 Å². The largest absolute Gasteiger partial charge is 0.378 e. The van der Waals surface area contributed by atoms with E-state index in [0.717, 1.165) is 42.9 Å². The van der Waals surface area contributed by atoms with Crippen LogP contribution in [0.2, 0.25) is 0 Å². The van der Waals surface area contributed by atoms with Gasteiger partial charge in [-0.3, -0.25) is 9.69 Å². The highest BCUT2D eigenvalue weighted by molar-refractivity contribution is 5.92. The first-order chi connectivity index (χ1) is 14.6. The maximum atomic E-state index is 12.6. The number of anilines is 2. The molecule has 1 aromatic heterocycles. The van der Waals surface area contributed by atoms with Crippen LogP contribution in [-0.4, -0.2) is 48.1 Å². The minimum Gasteiger partial charge on any atom is -0.378 e. The summed E-state index contributed by atoms with van der Waals surface area (Å²) in [5, 5.41) is 7.13. The van der Waals surface area contributed by atoms with Gasteiger partial charge in [-0.1, -0.05) is 35.5 Å². The molecule has 0 radical (unpaired) electrons. The van der Waals surface area contributed by atoms with Gasteiger partial charge < -0.3 is 14.7 Å². The minimum atomic E-state index is 0.0253. The monoisotopic (exact) mass is 405 g/mol. The van der Waals surface area contributed by atoms with Gasteiger partial charge in [0.05, 0.1) is 6.54 Å². The average Bonchev–Trinajstić information content (AvgIpc) is 3.24. The molecule has 7 heteroatoms. The number of aromatic nitrogens is 2. The standard InChI is InChI=1S/C23H27N5O2/c1-27(2)20-10-8-19(9-11-20)24-23(29)18-12-14-28(15-13-18)16-21-25-22(26-30-21)17-6-4-3-5-7-17/h3-11,18H,12-16H2,1-2H3,(H,24,29). The fourth-order valence-corrected chi connectivity index (χ4v) is 3.66. The third kappa shape index (κ3) is 4.86. The van der Waals surface area contributed by atoms with Gasteiger partial charge in [-0.05, 0) is 50.2 Å². The summed E-state index contributed by atoms with van der Waals surface area (Å²) in [5.74, 6) is 1.34. The van der Waals surface area contributed by atoms with E-state index in [1.807, 2.05) is 73.6 Å². The summed E-state index contributed by atoms with van der Waals surface area (Å²) in [6.45, 7) is 2.28. The number of amides is 1. The number of hydrogen-bond acceptors (Lipinski definition) is 6. The molecule has 1 saturated heterocycles. The Bertz CT molecular complexity index is 961. The molecular formula is C23H27N5O2. The molecule has 0 saturated carbocycles. The molecule has 1 N–H and O–H groups in total. The number of nitrogens with zero attached hydrogens (tertiary/aromatic N) is 4. The summed E-state index contributed by atoms with van der Waals surface area (Å²) < 4.78 is 5.42. The molecule has 7 nitrogen and oxygen atoms in total. The first-order valence-electron chi connectivity index (χ1n) is 10.3. The molecule has 0 bridgehead atoms. The fraction of sp³-hybridized carbons (Fsp3) is 0.348. The van der Waals surface area contributed by atoms with Crippen LogP contribution in [0.15, 0.2) is 59.1 Å². The number of benzene rings is 2. The van der Waals surface area contributed by atoms with Gasteiger partial charge in [0, 0.05) is 37.0 Å². The van der Waals surface area contributed by atoms with Gasteiger partial charge in [-0.15, -0.1) is 0 Å². The van der Waals surface area contributed by atoms with Crippen LogP contribution in [0.4, 0.5) is 11.4 Å². The summed E-state index contributed by atoms with van der Waals surface area (Å²) in [5.41, 5.74) is 2.89. The minimum absolute atomic E-state index is 0.0253. The third-order valence-electron chi connectivity index (χ3n) is 5.47. The van der Waals surface area contributed by atoms with Crippen molar-refractivity contribution in [3.8, 4) is 11.4 Å². The average molecular weight is 406 g/mol. The molecule has 0 aliphatic carbocycles. The normalized spacial score (nSPS) is 15.1. The summed E-state index contributed by atoms with van der Waals surface area (Å²) in [6.07, 6.45) is 1.64. The summed E-state index contributed by atoms with van der Waals surface area (Å²) in [4.78, 5) is 21.4. The van der Waals surface area contributed by atoms with E-state index in [0.29, 0.717) is 18.3 Å².